The number of aromatic carboxylic acids is 1. The highest BCUT2D eigenvalue weighted by atomic mass is 32.2. The number of amides is 1. The van der Waals surface area contributed by atoms with E-state index in [2.05, 4.69) is 30.2 Å². The van der Waals surface area contributed by atoms with E-state index < -0.39 is 34.4 Å². The molecular formula is C38H34FNO7S. The van der Waals surface area contributed by atoms with E-state index in [1.165, 1.54) is 23.9 Å². The number of ether oxygens (including phenoxy) is 1. The Morgan fingerprint density at radius 2 is 1.79 bits per heavy atom. The van der Waals surface area contributed by atoms with Crippen molar-refractivity contribution in [3.05, 3.63) is 94.2 Å². The molecule has 8 nitrogen and oxygen atoms in total. The summed E-state index contributed by atoms with van der Waals surface area (Å²) in [7, 11) is 0. The Hall–Kier alpha value is -4.59. The second-order valence-electron chi connectivity index (χ2n) is 13.8. The Bertz CT molecular complexity index is 1980. The maximum atomic E-state index is 14.6. The maximum absolute atomic E-state index is 14.6. The van der Waals surface area contributed by atoms with Crippen LogP contribution < -0.4 is 5.32 Å². The van der Waals surface area contributed by atoms with E-state index in [0.717, 1.165) is 41.9 Å². The fourth-order valence-corrected chi connectivity index (χ4v) is 9.97. The van der Waals surface area contributed by atoms with Gasteiger partial charge >= 0.3 is 5.97 Å². The van der Waals surface area contributed by atoms with Gasteiger partial charge in [0, 0.05) is 33.8 Å². The number of allylic oxidation sites excluding steroid dienone is 2. The molecule has 0 radical (unpaired) electrons. The zero-order valence-corrected chi connectivity index (χ0v) is 27.2. The summed E-state index contributed by atoms with van der Waals surface area (Å²) in [5.41, 5.74) is -1.06. The molecule has 246 valence electrons. The molecule has 4 N–H and O–H groups in total. The van der Waals surface area contributed by atoms with Gasteiger partial charge in [-0.1, -0.05) is 48.7 Å². The van der Waals surface area contributed by atoms with Crippen LogP contribution in [0, 0.1) is 40.3 Å². The minimum atomic E-state index is -1.41. The van der Waals surface area contributed by atoms with Gasteiger partial charge in [0.05, 0.1) is 16.6 Å². The molecule has 1 amide bonds. The Balaban J connectivity index is 1.17. The van der Waals surface area contributed by atoms with Gasteiger partial charge in [-0.25, -0.2) is 9.18 Å². The molecule has 3 aromatic carbocycles. The van der Waals surface area contributed by atoms with Gasteiger partial charge in [-0.05, 0) is 92.5 Å². The highest BCUT2D eigenvalue weighted by Gasteiger charge is 2.72. The van der Waals surface area contributed by atoms with Gasteiger partial charge in [-0.3, -0.25) is 9.59 Å². The molecule has 6 atom stereocenters. The van der Waals surface area contributed by atoms with E-state index in [9.17, 15) is 34.1 Å². The first-order valence-corrected chi connectivity index (χ1v) is 16.7. The fraction of sp³-hybridized carbons (Fsp3) is 0.342. The van der Waals surface area contributed by atoms with Gasteiger partial charge < -0.3 is 25.4 Å². The van der Waals surface area contributed by atoms with Crippen LogP contribution >= 0.6 is 11.8 Å². The van der Waals surface area contributed by atoms with Crippen LogP contribution in [0.25, 0.3) is 0 Å². The van der Waals surface area contributed by atoms with Crippen molar-refractivity contribution in [1.82, 2.24) is 0 Å². The minimum absolute atomic E-state index is 0.0757. The van der Waals surface area contributed by atoms with E-state index in [0.29, 0.717) is 16.4 Å². The summed E-state index contributed by atoms with van der Waals surface area (Å²) in [5, 5.41) is 32.5. The number of nitrogens with one attached hydrogen (secondary N) is 1. The van der Waals surface area contributed by atoms with E-state index in [-0.39, 0.29) is 53.2 Å². The van der Waals surface area contributed by atoms with Crippen LogP contribution in [-0.4, -0.2) is 44.7 Å². The lowest BCUT2D eigenvalue weighted by Crippen LogP contribution is -2.57. The summed E-state index contributed by atoms with van der Waals surface area (Å²) < 4.78 is 20.2. The number of carbonyl (C=O) groups excluding carboxylic acids is 2. The number of hydrogen-bond acceptors (Lipinski definition) is 7. The third-order valence-electron chi connectivity index (χ3n) is 10.7. The fourth-order valence-electron chi connectivity index (χ4n) is 8.77. The Morgan fingerprint density at radius 3 is 2.50 bits per heavy atom. The lowest BCUT2D eigenvalue weighted by molar-refractivity contribution is -0.169. The number of halogens is 1. The minimum Gasteiger partial charge on any atom is -0.506 e. The van der Waals surface area contributed by atoms with E-state index in [1.807, 2.05) is 31.2 Å². The van der Waals surface area contributed by atoms with Crippen molar-refractivity contribution in [1.29, 1.82) is 0 Å². The summed E-state index contributed by atoms with van der Waals surface area (Å²) in [5.74, 6) is 2.70. The van der Waals surface area contributed by atoms with Gasteiger partial charge in [0.15, 0.2) is 11.5 Å². The predicted octanol–water partition coefficient (Wildman–Crippen LogP) is 6.89. The highest BCUT2D eigenvalue weighted by molar-refractivity contribution is 8.04. The zero-order chi connectivity index (χ0) is 34.0. The number of aromatic hydroxyl groups is 2. The summed E-state index contributed by atoms with van der Waals surface area (Å²) in [4.78, 5) is 40.8. The number of carboxylic acids is 1. The average Bonchev–Trinajstić information content (AvgIpc) is 3.40. The number of thioether (sulfide) groups is 1. The van der Waals surface area contributed by atoms with Crippen molar-refractivity contribution in [3.8, 4) is 23.3 Å². The number of ketones is 1. The van der Waals surface area contributed by atoms with Gasteiger partial charge in [-0.2, -0.15) is 0 Å². The molecule has 2 heterocycles. The topological polar surface area (TPSA) is 133 Å². The first-order valence-electron chi connectivity index (χ1n) is 15.9. The number of benzene rings is 3. The van der Waals surface area contributed by atoms with Crippen LogP contribution in [0.2, 0.25) is 0 Å². The molecule has 2 aliphatic heterocycles. The first-order chi connectivity index (χ1) is 22.8. The molecule has 1 spiro atoms. The summed E-state index contributed by atoms with van der Waals surface area (Å²) in [6, 6.07) is 15.8. The number of hydrogen-bond donors (Lipinski definition) is 4. The molecule has 0 unspecified atom stereocenters. The second-order valence-corrected chi connectivity index (χ2v) is 15.0. The molecular weight excluding hydrogens is 633 g/mol. The molecule has 48 heavy (non-hydrogen) atoms. The van der Waals surface area contributed by atoms with Crippen molar-refractivity contribution >= 4 is 35.1 Å². The standard InChI is InChI=1S/C38H34FNO7S/c1-36(14-13-30(42)40-31-27(41)12-11-26(32(31)43)35(45)46)33-28-17-23-18-38(33,20-37(23,2)47-28)19-29(34(36)44)48-25-8-4-6-22(16-25)10-9-21-5-3-7-24(39)15-21/h3-8,11-12,15-16,19,23,28,33,41,43H,13-14,17-18,20H2,1-2H3,(H,40,42)(H,45,46)/t23-,28+,33+,36+,37+,38-/m1/s1. The van der Waals surface area contributed by atoms with Crippen molar-refractivity contribution in [2.75, 3.05) is 5.32 Å². The average molecular weight is 668 g/mol. The largest absolute Gasteiger partial charge is 0.506 e. The molecule has 10 heteroatoms. The monoisotopic (exact) mass is 667 g/mol. The van der Waals surface area contributed by atoms with Gasteiger partial charge in [0.25, 0.3) is 0 Å². The van der Waals surface area contributed by atoms with E-state index in [4.69, 9.17) is 4.74 Å². The van der Waals surface area contributed by atoms with Crippen molar-refractivity contribution in [2.45, 2.75) is 62.6 Å². The Morgan fingerprint density at radius 1 is 1.06 bits per heavy atom. The first kappa shape index (κ1) is 32.0. The number of anilines is 1. The number of phenols is 2. The normalized spacial score (nSPS) is 29.5. The van der Waals surface area contributed by atoms with Crippen molar-refractivity contribution < 1.29 is 38.8 Å². The summed E-state index contributed by atoms with van der Waals surface area (Å²) >= 11 is 1.38. The molecule has 0 aromatic heterocycles. The molecule has 4 fully saturated rings. The van der Waals surface area contributed by atoms with Crippen LogP contribution in [0.5, 0.6) is 11.5 Å². The number of rotatable bonds is 7. The van der Waals surface area contributed by atoms with Crippen LogP contribution in [0.15, 0.2) is 76.5 Å². The summed E-state index contributed by atoms with van der Waals surface area (Å²) in [6.07, 6.45) is 4.66. The van der Waals surface area contributed by atoms with Crippen LogP contribution in [0.1, 0.15) is 67.4 Å². The van der Waals surface area contributed by atoms with E-state index >= 15 is 0 Å². The highest BCUT2D eigenvalue weighted by Crippen LogP contribution is 2.72. The van der Waals surface area contributed by atoms with Gasteiger partial charge in [0.2, 0.25) is 5.91 Å². The molecule has 2 saturated heterocycles. The quantitative estimate of drug-likeness (QED) is 0.158. The van der Waals surface area contributed by atoms with Crippen LogP contribution in [0.3, 0.4) is 0 Å². The molecule has 3 aliphatic carbocycles. The predicted molar refractivity (Wildman–Crippen MR) is 177 cm³/mol. The Labute approximate surface area is 281 Å². The van der Waals surface area contributed by atoms with Crippen LogP contribution in [0.4, 0.5) is 10.1 Å². The molecule has 8 rings (SSSR count). The summed E-state index contributed by atoms with van der Waals surface area (Å²) in [6.45, 7) is 4.08. The zero-order valence-electron chi connectivity index (χ0n) is 26.4. The lowest BCUT2D eigenvalue weighted by atomic mass is 9.51. The number of carboxylic acid groups (broad SMARTS) is 1. The number of Topliss-reactive ketones (excluding diaryl/α,β-unsaturated/α-hetero) is 1. The third-order valence-corrected chi connectivity index (χ3v) is 11.7. The second kappa shape index (κ2) is 11.5. The maximum Gasteiger partial charge on any atom is 0.339 e. The molecule has 3 aromatic rings. The van der Waals surface area contributed by atoms with Gasteiger partial charge in [-0.15, -0.1) is 0 Å². The molecule has 2 saturated carbocycles. The lowest BCUT2D eigenvalue weighted by Gasteiger charge is -2.56. The SMILES string of the molecule is C[C@]12C[C@@]34C=C(Sc5cccc(C#Cc6cccc(F)c6)c5)C(=O)[C@@](C)(CCC(=O)Nc5c(O)ccc(C(=O)O)c5O)[C@@H]3[C@H](C[C@@H]1C4)O2. The third kappa shape index (κ3) is 5.35. The van der Waals surface area contributed by atoms with Crippen molar-refractivity contribution in [2.24, 2.45) is 22.7 Å². The van der Waals surface area contributed by atoms with Crippen molar-refractivity contribution in [3.63, 3.8) is 0 Å². The smallest absolute Gasteiger partial charge is 0.339 e. The van der Waals surface area contributed by atoms with Crippen LogP contribution in [-0.2, 0) is 14.3 Å². The van der Waals surface area contributed by atoms with E-state index in [1.54, 1.807) is 12.1 Å². The number of phenolic OH excluding ortho intramolecular Hbond substituents is 1. The molecule has 5 aliphatic rings. The molecule has 4 bridgehead atoms. The van der Waals surface area contributed by atoms with Gasteiger partial charge in [0.1, 0.15) is 22.8 Å². The number of carbonyl (C=O) groups is 3. The Kier molecular flexibility index (Phi) is 7.68.